The zero-order valence-corrected chi connectivity index (χ0v) is 13.5. The maximum absolute atomic E-state index is 9.58. The molecular weight excluding hydrogens is 236 g/mol. The van der Waals surface area contributed by atoms with Crippen LogP contribution in [0.3, 0.4) is 0 Å². The van der Waals surface area contributed by atoms with Crippen molar-refractivity contribution in [2.75, 3.05) is 34.7 Å². The first-order valence-electron chi connectivity index (χ1n) is 7.73. The summed E-state index contributed by atoms with van der Waals surface area (Å²) in [5.74, 6) is 0.508. The Balaban J connectivity index is 3.19. The molecule has 0 aromatic rings. The van der Waals surface area contributed by atoms with Crippen molar-refractivity contribution in [2.24, 2.45) is 0 Å². The minimum atomic E-state index is 0.508. The average Bonchev–Trinajstić information content (AvgIpc) is 2.30. The molecule has 19 heavy (non-hydrogen) atoms. The van der Waals surface area contributed by atoms with Crippen LogP contribution in [0.5, 0.6) is 0 Å². The van der Waals surface area contributed by atoms with E-state index in [9.17, 15) is 5.11 Å². The zero-order chi connectivity index (χ0) is 14.5. The summed E-state index contributed by atoms with van der Waals surface area (Å²) >= 11 is 0. The van der Waals surface area contributed by atoms with Gasteiger partial charge in [-0.05, 0) is 33.5 Å². The molecule has 114 valence electrons. The highest BCUT2D eigenvalue weighted by Crippen LogP contribution is 2.12. The zero-order valence-electron chi connectivity index (χ0n) is 13.5. The van der Waals surface area contributed by atoms with Gasteiger partial charge in [0.25, 0.3) is 0 Å². The predicted molar refractivity (Wildman–Crippen MR) is 84.5 cm³/mol. The predicted octanol–water partition coefficient (Wildman–Crippen LogP) is 4.02. The summed E-state index contributed by atoms with van der Waals surface area (Å²) < 4.78 is 0. The first kappa shape index (κ1) is 18.3. The quantitative estimate of drug-likeness (QED) is 0.428. The molecule has 0 aromatic carbocycles. The van der Waals surface area contributed by atoms with Gasteiger partial charge >= 0.3 is 0 Å². The third-order valence-corrected chi connectivity index (χ3v) is 3.20. The summed E-state index contributed by atoms with van der Waals surface area (Å²) in [5.41, 5.74) is 0. The highest BCUT2D eigenvalue weighted by Gasteiger charge is 1.96. The molecule has 0 aliphatic rings. The molecule has 0 spiro atoms. The average molecular weight is 270 g/mol. The lowest BCUT2D eigenvalue weighted by Gasteiger charge is -2.08. The molecule has 0 aliphatic heterocycles. The van der Waals surface area contributed by atoms with E-state index in [1.807, 2.05) is 19.0 Å². The molecule has 0 bridgehead atoms. The molecule has 0 heterocycles. The van der Waals surface area contributed by atoms with Crippen molar-refractivity contribution in [2.45, 2.75) is 57.8 Å². The Hall–Kier alpha value is -0.700. The normalized spacial score (nSPS) is 12.2. The number of unbranched alkanes of at least 4 members (excludes halogenated alkanes) is 7. The first-order chi connectivity index (χ1) is 9.02. The molecule has 0 aromatic heterocycles. The van der Waals surface area contributed by atoms with Crippen LogP contribution in [-0.4, -0.2) is 49.6 Å². The highest BCUT2D eigenvalue weighted by molar-refractivity contribution is 4.88. The summed E-state index contributed by atoms with van der Waals surface area (Å²) in [6.45, 7) is 1.22. The number of hydrogen-bond donors (Lipinski definition) is 1. The van der Waals surface area contributed by atoms with Crippen LogP contribution in [0.4, 0.5) is 0 Å². The van der Waals surface area contributed by atoms with E-state index in [-0.39, 0.29) is 0 Å². The molecule has 0 saturated carbocycles. The van der Waals surface area contributed by atoms with Gasteiger partial charge in [-0.25, -0.2) is 0 Å². The topological polar surface area (TPSA) is 26.7 Å². The second-order valence-electron chi connectivity index (χ2n) is 5.97. The van der Waals surface area contributed by atoms with Gasteiger partial charge in [-0.3, -0.25) is 0 Å². The minimum Gasteiger partial charge on any atom is -0.511 e. The Morgan fingerprint density at radius 2 is 1.26 bits per heavy atom. The molecule has 0 saturated heterocycles. The largest absolute Gasteiger partial charge is 0.511 e. The van der Waals surface area contributed by atoms with E-state index in [0.29, 0.717) is 5.76 Å². The number of allylic oxidation sites excluding steroid dienone is 1. The molecule has 0 radical (unpaired) electrons. The van der Waals surface area contributed by atoms with Crippen LogP contribution >= 0.6 is 0 Å². The summed E-state index contributed by atoms with van der Waals surface area (Å²) in [5, 5.41) is 9.58. The molecule has 0 aliphatic carbocycles. The Bertz CT molecular complexity index is 225. The molecule has 3 heteroatoms. The van der Waals surface area contributed by atoms with Crippen LogP contribution in [0.15, 0.2) is 12.0 Å². The fraction of sp³-hybridized carbons (Fsp3) is 0.875. The van der Waals surface area contributed by atoms with Gasteiger partial charge < -0.3 is 14.9 Å². The molecule has 3 nitrogen and oxygen atoms in total. The maximum atomic E-state index is 9.58. The summed E-state index contributed by atoms with van der Waals surface area (Å²) in [6.07, 6.45) is 13.1. The van der Waals surface area contributed by atoms with Crippen LogP contribution in [0.2, 0.25) is 0 Å². The number of aliphatic hydroxyl groups is 1. The summed E-state index contributed by atoms with van der Waals surface area (Å²) in [6, 6.07) is 0. The molecule has 0 amide bonds. The second-order valence-corrected chi connectivity index (χ2v) is 5.97. The third-order valence-electron chi connectivity index (χ3n) is 3.20. The van der Waals surface area contributed by atoms with E-state index >= 15 is 0 Å². The maximum Gasteiger partial charge on any atom is 0.108 e. The van der Waals surface area contributed by atoms with E-state index in [1.165, 1.54) is 51.5 Å². The van der Waals surface area contributed by atoms with Gasteiger partial charge in [0.2, 0.25) is 0 Å². The molecule has 0 unspecified atom stereocenters. The van der Waals surface area contributed by atoms with Gasteiger partial charge in [0.15, 0.2) is 0 Å². The van der Waals surface area contributed by atoms with Gasteiger partial charge in [-0.15, -0.1) is 0 Å². The molecule has 0 rings (SSSR count). The second kappa shape index (κ2) is 12.3. The van der Waals surface area contributed by atoms with Crippen molar-refractivity contribution in [3.8, 4) is 0 Å². The molecular formula is C16H34N2O. The Labute approximate surface area is 120 Å². The van der Waals surface area contributed by atoms with E-state index in [2.05, 4.69) is 19.0 Å². The minimum absolute atomic E-state index is 0.508. The van der Waals surface area contributed by atoms with Gasteiger partial charge in [0.05, 0.1) is 0 Å². The van der Waals surface area contributed by atoms with Crippen molar-refractivity contribution in [3.05, 3.63) is 12.0 Å². The fourth-order valence-electron chi connectivity index (χ4n) is 2.16. The third kappa shape index (κ3) is 15.2. The number of hydrogen-bond acceptors (Lipinski definition) is 3. The van der Waals surface area contributed by atoms with Crippen LogP contribution in [-0.2, 0) is 0 Å². The number of nitrogens with zero attached hydrogens (tertiary/aromatic N) is 2. The van der Waals surface area contributed by atoms with E-state index < -0.39 is 0 Å². The van der Waals surface area contributed by atoms with Crippen LogP contribution in [0.1, 0.15) is 57.8 Å². The van der Waals surface area contributed by atoms with Crippen molar-refractivity contribution in [3.63, 3.8) is 0 Å². The van der Waals surface area contributed by atoms with Gasteiger partial charge in [0.1, 0.15) is 5.76 Å². The van der Waals surface area contributed by atoms with Crippen molar-refractivity contribution in [1.29, 1.82) is 0 Å². The van der Waals surface area contributed by atoms with Crippen molar-refractivity contribution in [1.82, 2.24) is 9.80 Å². The standard InChI is InChI=1S/C16H34N2O/c1-17(2)14-12-10-8-6-5-7-9-11-13-16(19)15-18(3)4/h15,19H,5-14H2,1-4H3. The first-order valence-corrected chi connectivity index (χ1v) is 7.73. The SMILES string of the molecule is CN(C)C=C(O)CCCCCCCCCCN(C)C. The van der Waals surface area contributed by atoms with Crippen LogP contribution in [0.25, 0.3) is 0 Å². The van der Waals surface area contributed by atoms with Gasteiger partial charge in [-0.1, -0.05) is 38.5 Å². The highest BCUT2D eigenvalue weighted by atomic mass is 16.3. The fourth-order valence-corrected chi connectivity index (χ4v) is 2.16. The molecule has 0 fully saturated rings. The van der Waals surface area contributed by atoms with Crippen LogP contribution in [0, 0.1) is 0 Å². The van der Waals surface area contributed by atoms with E-state index in [0.717, 1.165) is 12.8 Å². The number of rotatable bonds is 12. The van der Waals surface area contributed by atoms with E-state index in [4.69, 9.17) is 0 Å². The Kier molecular flexibility index (Phi) is 11.9. The summed E-state index contributed by atoms with van der Waals surface area (Å²) in [7, 11) is 8.15. The Morgan fingerprint density at radius 1 is 0.789 bits per heavy atom. The number of aliphatic hydroxyl groups excluding tert-OH is 1. The lowest BCUT2D eigenvalue weighted by molar-refractivity contribution is 0.360. The molecule has 0 atom stereocenters. The Morgan fingerprint density at radius 3 is 1.74 bits per heavy atom. The van der Waals surface area contributed by atoms with Crippen LogP contribution < -0.4 is 0 Å². The lowest BCUT2D eigenvalue weighted by Crippen LogP contribution is -2.12. The van der Waals surface area contributed by atoms with E-state index in [1.54, 1.807) is 6.20 Å². The lowest BCUT2D eigenvalue weighted by atomic mass is 10.1. The van der Waals surface area contributed by atoms with Crippen molar-refractivity contribution >= 4 is 0 Å². The summed E-state index contributed by atoms with van der Waals surface area (Å²) in [4.78, 5) is 4.15. The monoisotopic (exact) mass is 270 g/mol. The van der Waals surface area contributed by atoms with Crippen molar-refractivity contribution < 1.29 is 5.11 Å². The molecule has 1 N–H and O–H groups in total. The van der Waals surface area contributed by atoms with Gasteiger partial charge in [-0.2, -0.15) is 0 Å². The smallest absolute Gasteiger partial charge is 0.108 e. The van der Waals surface area contributed by atoms with Gasteiger partial charge in [0, 0.05) is 26.7 Å².